The molecule has 2 aromatic rings. The fourth-order valence-electron chi connectivity index (χ4n) is 3.79. The third kappa shape index (κ3) is 3.47. The molecule has 1 fully saturated rings. The predicted molar refractivity (Wildman–Crippen MR) is 95.7 cm³/mol. The molecule has 1 aromatic carbocycles. The van der Waals surface area contributed by atoms with Crippen molar-refractivity contribution in [3.8, 4) is 5.75 Å². The molecule has 1 saturated carbocycles. The largest absolute Gasteiger partial charge is 0.489 e. The van der Waals surface area contributed by atoms with Gasteiger partial charge in [-0.3, -0.25) is 0 Å². The Labute approximate surface area is 137 Å². The van der Waals surface area contributed by atoms with E-state index in [4.69, 9.17) is 10.5 Å². The van der Waals surface area contributed by atoms with Gasteiger partial charge in [-0.1, -0.05) is 45.1 Å². The molecule has 22 heavy (non-hydrogen) atoms. The van der Waals surface area contributed by atoms with Crippen molar-refractivity contribution < 1.29 is 4.74 Å². The summed E-state index contributed by atoms with van der Waals surface area (Å²) in [5.74, 6) is 2.41. The van der Waals surface area contributed by atoms with Crippen LogP contribution in [0.1, 0.15) is 45.4 Å². The minimum atomic E-state index is 0.235. The lowest BCUT2D eigenvalue weighted by Crippen LogP contribution is -2.33. The van der Waals surface area contributed by atoms with E-state index in [1.807, 2.05) is 0 Å². The first-order valence-electron chi connectivity index (χ1n) is 8.62. The molecule has 2 N–H and O–H groups in total. The van der Waals surface area contributed by atoms with Gasteiger partial charge in [0.1, 0.15) is 11.9 Å². The van der Waals surface area contributed by atoms with E-state index in [1.165, 1.54) is 42.2 Å². The highest BCUT2D eigenvalue weighted by Gasteiger charge is 2.28. The molecule has 0 saturated heterocycles. The first kappa shape index (κ1) is 15.8. The Morgan fingerprint density at radius 3 is 2.82 bits per heavy atom. The second-order valence-corrected chi connectivity index (χ2v) is 7.53. The Kier molecular flexibility index (Phi) is 5.37. The van der Waals surface area contributed by atoms with E-state index in [9.17, 15) is 0 Å². The van der Waals surface area contributed by atoms with Crippen LogP contribution >= 0.6 is 11.3 Å². The van der Waals surface area contributed by atoms with Gasteiger partial charge in [-0.25, -0.2) is 0 Å². The van der Waals surface area contributed by atoms with Crippen LogP contribution in [0.15, 0.2) is 29.6 Å². The summed E-state index contributed by atoms with van der Waals surface area (Å²) >= 11 is 1.77. The molecule has 0 aliphatic heterocycles. The number of hydrogen-bond donors (Lipinski definition) is 1. The zero-order chi connectivity index (χ0) is 15.4. The van der Waals surface area contributed by atoms with Crippen LogP contribution in [0.25, 0.3) is 10.1 Å². The Hall–Kier alpha value is -1.06. The zero-order valence-electron chi connectivity index (χ0n) is 13.5. The van der Waals surface area contributed by atoms with Crippen LogP contribution in [0.4, 0.5) is 0 Å². The molecule has 2 atom stereocenters. The van der Waals surface area contributed by atoms with E-state index in [-0.39, 0.29) is 6.10 Å². The second kappa shape index (κ2) is 7.47. The molecule has 1 aliphatic carbocycles. The van der Waals surface area contributed by atoms with E-state index < -0.39 is 0 Å². The molecule has 0 bridgehead atoms. The Bertz CT molecular complexity index is 588. The molecule has 1 heterocycles. The fraction of sp³-hybridized carbons (Fsp3) is 0.579. The minimum Gasteiger partial charge on any atom is -0.489 e. The maximum Gasteiger partial charge on any atom is 0.128 e. The molecular weight excluding hydrogens is 290 g/mol. The summed E-state index contributed by atoms with van der Waals surface area (Å²) in [5.41, 5.74) is 5.87. The topological polar surface area (TPSA) is 35.2 Å². The molecule has 1 aromatic heterocycles. The van der Waals surface area contributed by atoms with Gasteiger partial charge in [-0.2, -0.15) is 0 Å². The minimum absolute atomic E-state index is 0.235. The van der Waals surface area contributed by atoms with E-state index >= 15 is 0 Å². The van der Waals surface area contributed by atoms with Crippen molar-refractivity contribution in [2.24, 2.45) is 17.6 Å². The third-order valence-electron chi connectivity index (χ3n) is 5.17. The van der Waals surface area contributed by atoms with Gasteiger partial charge in [0.05, 0.1) is 0 Å². The second-order valence-electron chi connectivity index (χ2n) is 6.58. The van der Waals surface area contributed by atoms with Crippen molar-refractivity contribution in [3.63, 3.8) is 0 Å². The molecule has 3 heteroatoms. The lowest BCUT2D eigenvalue weighted by atomic mass is 9.78. The maximum absolute atomic E-state index is 6.47. The predicted octanol–water partition coefficient (Wildman–Crippen LogP) is 5.21. The summed E-state index contributed by atoms with van der Waals surface area (Å²) in [6, 6.07) is 8.53. The third-order valence-corrected chi connectivity index (χ3v) is 6.05. The monoisotopic (exact) mass is 317 g/mol. The van der Waals surface area contributed by atoms with Gasteiger partial charge < -0.3 is 10.5 Å². The average Bonchev–Trinajstić information content (AvgIpc) is 3.04. The number of ether oxygens (including phenoxy) is 1. The van der Waals surface area contributed by atoms with Gasteiger partial charge in [0.25, 0.3) is 0 Å². The molecule has 0 amide bonds. The Morgan fingerprint density at radius 2 is 2.05 bits per heavy atom. The number of rotatable bonds is 6. The molecule has 2 nitrogen and oxygen atoms in total. The summed E-state index contributed by atoms with van der Waals surface area (Å²) in [4.78, 5) is 0. The van der Waals surface area contributed by atoms with E-state index in [0.717, 1.165) is 18.1 Å². The summed E-state index contributed by atoms with van der Waals surface area (Å²) in [7, 11) is 0. The molecule has 1 aliphatic rings. The van der Waals surface area contributed by atoms with Crippen molar-refractivity contribution in [1.82, 2.24) is 0 Å². The summed E-state index contributed by atoms with van der Waals surface area (Å²) in [5, 5.41) is 3.38. The summed E-state index contributed by atoms with van der Waals surface area (Å²) < 4.78 is 7.77. The Balaban J connectivity index is 1.77. The number of fused-ring (bicyclic) bond motifs is 1. The van der Waals surface area contributed by atoms with Gasteiger partial charge in [-0.15, -0.1) is 11.3 Å². The van der Waals surface area contributed by atoms with Crippen molar-refractivity contribution >= 4 is 21.4 Å². The van der Waals surface area contributed by atoms with Crippen LogP contribution in [-0.2, 0) is 0 Å². The molecular formula is C19H27NOS. The molecule has 2 unspecified atom stereocenters. The smallest absolute Gasteiger partial charge is 0.128 e. The Morgan fingerprint density at radius 1 is 1.23 bits per heavy atom. The number of benzene rings is 1. The van der Waals surface area contributed by atoms with E-state index in [1.54, 1.807) is 11.3 Å². The quantitative estimate of drug-likeness (QED) is 0.793. The molecule has 0 radical (unpaired) electrons. The highest BCUT2D eigenvalue weighted by atomic mass is 32.1. The van der Waals surface area contributed by atoms with E-state index in [2.05, 4.69) is 36.6 Å². The van der Waals surface area contributed by atoms with Gasteiger partial charge in [0, 0.05) is 10.1 Å². The number of hydrogen-bond acceptors (Lipinski definition) is 3. The van der Waals surface area contributed by atoms with Crippen LogP contribution in [0.5, 0.6) is 5.75 Å². The number of thiophene rings is 1. The lowest BCUT2D eigenvalue weighted by molar-refractivity contribution is 0.0855. The fourth-order valence-corrected chi connectivity index (χ4v) is 4.59. The molecule has 3 rings (SSSR count). The summed E-state index contributed by atoms with van der Waals surface area (Å²) in [6.07, 6.45) is 8.05. The van der Waals surface area contributed by atoms with E-state index in [0.29, 0.717) is 12.5 Å². The highest BCUT2D eigenvalue weighted by Crippen LogP contribution is 2.36. The van der Waals surface area contributed by atoms with Crippen LogP contribution in [-0.4, -0.2) is 12.6 Å². The van der Waals surface area contributed by atoms with Gasteiger partial charge in [-0.05, 0) is 48.4 Å². The van der Waals surface area contributed by atoms with Crippen molar-refractivity contribution in [2.75, 3.05) is 6.54 Å². The van der Waals surface area contributed by atoms with Crippen LogP contribution < -0.4 is 10.5 Å². The average molecular weight is 317 g/mol. The zero-order valence-corrected chi connectivity index (χ0v) is 14.3. The normalized spacial score (nSPS) is 19.2. The SMILES string of the molecule is CC(C1CCCCC1)C(CCN)Oc1cccc2sccc12. The molecule has 0 spiro atoms. The van der Waals surface area contributed by atoms with Gasteiger partial charge >= 0.3 is 0 Å². The first-order chi connectivity index (χ1) is 10.8. The van der Waals surface area contributed by atoms with Crippen LogP contribution in [0.2, 0.25) is 0 Å². The molecule has 120 valence electrons. The van der Waals surface area contributed by atoms with Crippen LogP contribution in [0, 0.1) is 11.8 Å². The summed E-state index contributed by atoms with van der Waals surface area (Å²) in [6.45, 7) is 3.06. The van der Waals surface area contributed by atoms with Crippen LogP contribution in [0.3, 0.4) is 0 Å². The first-order valence-corrected chi connectivity index (χ1v) is 9.50. The number of nitrogens with two attached hydrogens (primary N) is 1. The standard InChI is InChI=1S/C19H27NOS/c1-14(15-6-3-2-4-7-15)17(10-12-20)21-18-8-5-9-19-16(18)11-13-22-19/h5,8-9,11,13-15,17H,2-4,6-7,10,12,20H2,1H3. The maximum atomic E-state index is 6.47. The lowest BCUT2D eigenvalue weighted by Gasteiger charge is -2.33. The van der Waals surface area contributed by atoms with Gasteiger partial charge in [0.15, 0.2) is 0 Å². The van der Waals surface area contributed by atoms with Crippen molar-refractivity contribution in [1.29, 1.82) is 0 Å². The van der Waals surface area contributed by atoms with Crippen molar-refractivity contribution in [3.05, 3.63) is 29.6 Å². The van der Waals surface area contributed by atoms with Crippen molar-refractivity contribution in [2.45, 2.75) is 51.6 Å². The van der Waals surface area contributed by atoms with Gasteiger partial charge in [0.2, 0.25) is 0 Å². The highest BCUT2D eigenvalue weighted by molar-refractivity contribution is 7.17.